The maximum absolute atomic E-state index is 11.0. The molecule has 1 aromatic heterocycles. The molecule has 0 aromatic carbocycles. The molecule has 0 bridgehead atoms. The summed E-state index contributed by atoms with van der Waals surface area (Å²) < 4.78 is 0. The van der Waals surface area contributed by atoms with E-state index in [4.69, 9.17) is 5.11 Å². The van der Waals surface area contributed by atoms with Gasteiger partial charge in [0.05, 0.1) is 0 Å². The van der Waals surface area contributed by atoms with Crippen LogP contribution in [0, 0.1) is 6.92 Å². The van der Waals surface area contributed by atoms with Crippen LogP contribution in [0.4, 0.5) is 5.69 Å². The molecule has 0 aliphatic rings. The van der Waals surface area contributed by atoms with Crippen molar-refractivity contribution in [2.45, 2.75) is 39.2 Å². The predicted octanol–water partition coefficient (Wildman–Crippen LogP) is 2.45. The van der Waals surface area contributed by atoms with E-state index >= 15 is 0 Å². The van der Waals surface area contributed by atoms with Crippen LogP contribution >= 0.6 is 0 Å². The van der Waals surface area contributed by atoms with Crippen LogP contribution in [0.15, 0.2) is 18.5 Å². The van der Waals surface area contributed by atoms with E-state index in [9.17, 15) is 4.79 Å². The smallest absolute Gasteiger partial charge is 0.326 e. The highest BCUT2D eigenvalue weighted by atomic mass is 16.4. The highest BCUT2D eigenvalue weighted by molar-refractivity contribution is 5.77. The molecule has 0 aliphatic carbocycles. The van der Waals surface area contributed by atoms with Crippen molar-refractivity contribution in [2.24, 2.45) is 0 Å². The number of unbranched alkanes of at least 4 members (excludes halogenated alkanes) is 1. The molecule has 4 heteroatoms. The standard InChI is InChI=1S/C12H18N2O2/c1-3-4-5-11(12(15)16)14-10-6-7-13-8-9(10)2/h6-8,11H,3-5H2,1-2H3,(H,13,14)(H,15,16). The Morgan fingerprint density at radius 2 is 2.38 bits per heavy atom. The molecule has 1 aromatic rings. The lowest BCUT2D eigenvalue weighted by molar-refractivity contribution is -0.138. The summed E-state index contributed by atoms with van der Waals surface area (Å²) in [5.41, 5.74) is 1.81. The first-order valence-electron chi connectivity index (χ1n) is 5.55. The van der Waals surface area contributed by atoms with Gasteiger partial charge >= 0.3 is 5.97 Å². The molecule has 1 unspecified atom stereocenters. The molecule has 88 valence electrons. The number of nitrogens with zero attached hydrogens (tertiary/aromatic N) is 1. The monoisotopic (exact) mass is 222 g/mol. The molecule has 0 amide bonds. The normalized spacial score (nSPS) is 12.1. The number of carboxylic acids is 1. The van der Waals surface area contributed by atoms with Gasteiger partial charge in [0.25, 0.3) is 0 Å². The van der Waals surface area contributed by atoms with Crippen LogP contribution in [0.5, 0.6) is 0 Å². The summed E-state index contributed by atoms with van der Waals surface area (Å²) in [6, 6.07) is 1.29. The molecule has 4 nitrogen and oxygen atoms in total. The fraction of sp³-hybridized carbons (Fsp3) is 0.500. The molecular formula is C12H18N2O2. The highest BCUT2D eigenvalue weighted by Crippen LogP contribution is 2.15. The van der Waals surface area contributed by atoms with Crippen molar-refractivity contribution in [3.05, 3.63) is 24.0 Å². The highest BCUT2D eigenvalue weighted by Gasteiger charge is 2.16. The summed E-state index contributed by atoms with van der Waals surface area (Å²) in [5.74, 6) is -0.801. The van der Waals surface area contributed by atoms with Gasteiger partial charge in [0.2, 0.25) is 0 Å². The van der Waals surface area contributed by atoms with Gasteiger partial charge in [-0.3, -0.25) is 4.98 Å². The molecule has 0 saturated heterocycles. The van der Waals surface area contributed by atoms with E-state index < -0.39 is 12.0 Å². The zero-order chi connectivity index (χ0) is 12.0. The zero-order valence-electron chi connectivity index (χ0n) is 9.73. The Morgan fingerprint density at radius 3 is 2.94 bits per heavy atom. The molecule has 0 spiro atoms. The molecule has 0 fully saturated rings. The van der Waals surface area contributed by atoms with E-state index in [0.717, 1.165) is 24.1 Å². The molecule has 1 heterocycles. The van der Waals surface area contributed by atoms with Crippen molar-refractivity contribution >= 4 is 11.7 Å². The average molecular weight is 222 g/mol. The zero-order valence-corrected chi connectivity index (χ0v) is 9.73. The second-order valence-electron chi connectivity index (χ2n) is 3.87. The Bertz CT molecular complexity index is 353. The first kappa shape index (κ1) is 12.5. The third kappa shape index (κ3) is 3.53. The van der Waals surface area contributed by atoms with Crippen LogP contribution in [-0.4, -0.2) is 22.1 Å². The summed E-state index contributed by atoms with van der Waals surface area (Å²) in [5, 5.41) is 12.1. The molecule has 1 rings (SSSR count). The molecular weight excluding hydrogens is 204 g/mol. The van der Waals surface area contributed by atoms with Gasteiger partial charge in [-0.2, -0.15) is 0 Å². The number of aliphatic carboxylic acids is 1. The Labute approximate surface area is 95.7 Å². The third-order valence-corrected chi connectivity index (χ3v) is 2.49. The van der Waals surface area contributed by atoms with Crippen molar-refractivity contribution in [3.8, 4) is 0 Å². The number of carboxylic acid groups (broad SMARTS) is 1. The number of nitrogens with one attached hydrogen (secondary N) is 1. The minimum Gasteiger partial charge on any atom is -0.480 e. The fourth-order valence-electron chi connectivity index (χ4n) is 1.49. The molecule has 0 radical (unpaired) electrons. The third-order valence-electron chi connectivity index (χ3n) is 2.49. The maximum atomic E-state index is 11.0. The second-order valence-corrected chi connectivity index (χ2v) is 3.87. The van der Waals surface area contributed by atoms with Gasteiger partial charge in [0, 0.05) is 18.1 Å². The number of aryl methyl sites for hydroxylation is 1. The lowest BCUT2D eigenvalue weighted by Crippen LogP contribution is -2.29. The largest absolute Gasteiger partial charge is 0.480 e. The Hall–Kier alpha value is -1.58. The van der Waals surface area contributed by atoms with Crippen molar-refractivity contribution < 1.29 is 9.90 Å². The van der Waals surface area contributed by atoms with Gasteiger partial charge in [-0.25, -0.2) is 4.79 Å². The average Bonchev–Trinajstić information content (AvgIpc) is 2.26. The first-order valence-corrected chi connectivity index (χ1v) is 5.55. The van der Waals surface area contributed by atoms with Crippen LogP contribution < -0.4 is 5.32 Å². The number of rotatable bonds is 6. The summed E-state index contributed by atoms with van der Waals surface area (Å²) in [7, 11) is 0. The van der Waals surface area contributed by atoms with Crippen LogP contribution in [0.1, 0.15) is 31.7 Å². The molecule has 0 saturated carbocycles. The lowest BCUT2D eigenvalue weighted by atomic mass is 10.1. The molecule has 0 aliphatic heterocycles. The Balaban J connectivity index is 2.68. The van der Waals surface area contributed by atoms with E-state index in [-0.39, 0.29) is 0 Å². The number of anilines is 1. The minimum atomic E-state index is -0.801. The van der Waals surface area contributed by atoms with Crippen molar-refractivity contribution in [3.63, 3.8) is 0 Å². The van der Waals surface area contributed by atoms with Gasteiger partial charge in [-0.1, -0.05) is 19.8 Å². The number of hydrogen-bond donors (Lipinski definition) is 2. The van der Waals surface area contributed by atoms with Gasteiger partial charge in [0.1, 0.15) is 6.04 Å². The minimum absolute atomic E-state index is 0.513. The van der Waals surface area contributed by atoms with Crippen LogP contribution in [0.3, 0.4) is 0 Å². The Morgan fingerprint density at radius 1 is 1.62 bits per heavy atom. The quantitative estimate of drug-likeness (QED) is 0.776. The topological polar surface area (TPSA) is 62.2 Å². The number of carbonyl (C=O) groups is 1. The fourth-order valence-corrected chi connectivity index (χ4v) is 1.49. The van der Waals surface area contributed by atoms with E-state index in [0.29, 0.717) is 6.42 Å². The Kier molecular flexibility index (Phi) is 4.76. The van der Waals surface area contributed by atoms with E-state index in [1.165, 1.54) is 0 Å². The van der Waals surface area contributed by atoms with E-state index in [1.54, 1.807) is 18.5 Å². The SMILES string of the molecule is CCCCC(Nc1ccncc1C)C(=O)O. The first-order chi connectivity index (χ1) is 7.65. The van der Waals surface area contributed by atoms with Crippen molar-refractivity contribution in [1.82, 2.24) is 4.98 Å². The number of pyridine rings is 1. The van der Waals surface area contributed by atoms with Gasteiger partial charge < -0.3 is 10.4 Å². The molecule has 1 atom stereocenters. The van der Waals surface area contributed by atoms with Crippen LogP contribution in [-0.2, 0) is 4.79 Å². The molecule has 2 N–H and O–H groups in total. The summed E-state index contributed by atoms with van der Waals surface area (Å²) in [6.07, 6.45) is 5.94. The van der Waals surface area contributed by atoms with Gasteiger partial charge in [-0.15, -0.1) is 0 Å². The van der Waals surface area contributed by atoms with E-state index in [2.05, 4.69) is 17.2 Å². The van der Waals surface area contributed by atoms with Crippen LogP contribution in [0.2, 0.25) is 0 Å². The summed E-state index contributed by atoms with van der Waals surface area (Å²) in [6.45, 7) is 3.96. The van der Waals surface area contributed by atoms with Crippen molar-refractivity contribution in [2.75, 3.05) is 5.32 Å². The second kappa shape index (κ2) is 6.10. The van der Waals surface area contributed by atoms with Crippen LogP contribution in [0.25, 0.3) is 0 Å². The number of hydrogen-bond acceptors (Lipinski definition) is 3. The predicted molar refractivity (Wildman–Crippen MR) is 63.5 cm³/mol. The lowest BCUT2D eigenvalue weighted by Gasteiger charge is -2.16. The van der Waals surface area contributed by atoms with E-state index in [1.807, 2.05) is 6.92 Å². The van der Waals surface area contributed by atoms with Crippen molar-refractivity contribution in [1.29, 1.82) is 0 Å². The summed E-state index contributed by atoms with van der Waals surface area (Å²) in [4.78, 5) is 15.0. The number of aromatic nitrogens is 1. The van der Waals surface area contributed by atoms with Gasteiger partial charge in [0.15, 0.2) is 0 Å². The summed E-state index contributed by atoms with van der Waals surface area (Å²) >= 11 is 0. The molecule has 16 heavy (non-hydrogen) atoms. The maximum Gasteiger partial charge on any atom is 0.326 e. The van der Waals surface area contributed by atoms with Gasteiger partial charge in [-0.05, 0) is 25.0 Å².